The van der Waals surface area contributed by atoms with Crippen LogP contribution < -0.4 is 5.32 Å². The van der Waals surface area contributed by atoms with Gasteiger partial charge in [-0.2, -0.15) is 0 Å². The van der Waals surface area contributed by atoms with Crippen LogP contribution in [0, 0.1) is 5.92 Å². The van der Waals surface area contributed by atoms with Crippen LogP contribution in [-0.2, 0) is 4.74 Å². The van der Waals surface area contributed by atoms with Gasteiger partial charge in [0.25, 0.3) is 0 Å². The summed E-state index contributed by atoms with van der Waals surface area (Å²) < 4.78 is 5.22. The van der Waals surface area contributed by atoms with Crippen molar-refractivity contribution in [1.29, 1.82) is 0 Å². The van der Waals surface area contributed by atoms with Gasteiger partial charge in [-0.05, 0) is 31.8 Å². The summed E-state index contributed by atoms with van der Waals surface area (Å²) in [6.07, 6.45) is 3.12. The second kappa shape index (κ2) is 6.45. The van der Waals surface area contributed by atoms with Gasteiger partial charge in [0.2, 0.25) is 0 Å². The molecule has 2 aliphatic heterocycles. The van der Waals surface area contributed by atoms with Crippen LogP contribution in [-0.4, -0.2) is 42.8 Å². The van der Waals surface area contributed by atoms with Gasteiger partial charge in [-0.1, -0.05) is 20.3 Å². The molecule has 2 rings (SSSR count). The van der Waals surface area contributed by atoms with Crippen molar-refractivity contribution < 1.29 is 9.53 Å². The number of ether oxygens (including phenoxy) is 1. The van der Waals surface area contributed by atoms with Crippen LogP contribution in [0.1, 0.15) is 33.1 Å². The summed E-state index contributed by atoms with van der Waals surface area (Å²) in [4.78, 5) is 13.8. The molecule has 0 aliphatic carbocycles. The fourth-order valence-corrected chi connectivity index (χ4v) is 2.66. The number of carbonyl (C=O) groups is 1. The van der Waals surface area contributed by atoms with E-state index in [1.54, 1.807) is 0 Å². The number of nitrogens with zero attached hydrogens (tertiary/aromatic N) is 1. The summed E-state index contributed by atoms with van der Waals surface area (Å²) in [6.45, 7) is 7.00. The number of hydrogen-bond acceptors (Lipinski definition) is 3. The van der Waals surface area contributed by atoms with Gasteiger partial charge in [0, 0.05) is 6.04 Å². The number of carbonyl (C=O) groups excluding carboxylic acids is 1. The molecule has 0 spiro atoms. The van der Waals surface area contributed by atoms with Crippen molar-refractivity contribution >= 4 is 18.5 Å². The Balaban J connectivity index is 0.00000144. The Hall–Kier alpha value is -0.480. The number of amides is 1. The monoisotopic (exact) mass is 262 g/mol. The molecule has 1 N–H and O–H groups in total. The smallest absolute Gasteiger partial charge is 0.410 e. The van der Waals surface area contributed by atoms with Crippen molar-refractivity contribution in [3.05, 3.63) is 0 Å². The predicted molar refractivity (Wildman–Crippen MR) is 69.6 cm³/mol. The van der Waals surface area contributed by atoms with Gasteiger partial charge in [-0.15, -0.1) is 12.4 Å². The number of nitrogens with one attached hydrogen (secondary N) is 1. The minimum Gasteiger partial charge on any atom is -0.447 e. The first-order valence-corrected chi connectivity index (χ1v) is 6.39. The molecule has 2 atom stereocenters. The van der Waals surface area contributed by atoms with Crippen LogP contribution >= 0.6 is 12.4 Å². The van der Waals surface area contributed by atoms with E-state index in [4.69, 9.17) is 4.74 Å². The summed E-state index contributed by atoms with van der Waals surface area (Å²) in [7, 11) is 0. The summed E-state index contributed by atoms with van der Waals surface area (Å²) in [5, 5.41) is 3.33. The molecule has 5 heteroatoms. The molecule has 2 heterocycles. The van der Waals surface area contributed by atoms with Crippen LogP contribution in [0.25, 0.3) is 0 Å². The first kappa shape index (κ1) is 14.6. The van der Waals surface area contributed by atoms with E-state index in [9.17, 15) is 4.79 Å². The highest BCUT2D eigenvalue weighted by Gasteiger charge is 2.40. The van der Waals surface area contributed by atoms with Gasteiger partial charge in [0.1, 0.15) is 6.61 Å². The molecule has 2 saturated heterocycles. The SMILES string of the molecule is CCC(C)C1COC(=O)N1C1CCNCC1.Cl. The van der Waals surface area contributed by atoms with E-state index in [1.165, 1.54) is 0 Å². The quantitative estimate of drug-likeness (QED) is 0.846. The number of halogens is 1. The summed E-state index contributed by atoms with van der Waals surface area (Å²) in [5.41, 5.74) is 0. The second-order valence-corrected chi connectivity index (χ2v) is 4.92. The maximum Gasteiger partial charge on any atom is 0.410 e. The maximum absolute atomic E-state index is 11.8. The van der Waals surface area contributed by atoms with E-state index in [0.717, 1.165) is 32.4 Å². The molecule has 0 aromatic heterocycles. The average Bonchev–Trinajstić information content (AvgIpc) is 2.71. The van der Waals surface area contributed by atoms with Crippen LogP contribution in [0.4, 0.5) is 4.79 Å². The average molecular weight is 263 g/mol. The van der Waals surface area contributed by atoms with E-state index in [-0.39, 0.29) is 18.5 Å². The molecule has 2 fully saturated rings. The largest absolute Gasteiger partial charge is 0.447 e. The van der Waals surface area contributed by atoms with Crippen molar-refractivity contribution in [2.75, 3.05) is 19.7 Å². The molecule has 17 heavy (non-hydrogen) atoms. The molecule has 2 unspecified atom stereocenters. The zero-order valence-electron chi connectivity index (χ0n) is 10.6. The van der Waals surface area contributed by atoms with Crippen LogP contribution in [0.2, 0.25) is 0 Å². The van der Waals surface area contributed by atoms with Gasteiger partial charge in [-0.3, -0.25) is 4.90 Å². The van der Waals surface area contributed by atoms with E-state index in [1.807, 2.05) is 4.90 Å². The Kier molecular flexibility index (Phi) is 5.53. The minimum atomic E-state index is -0.0998. The van der Waals surface area contributed by atoms with Crippen LogP contribution in [0.5, 0.6) is 0 Å². The Morgan fingerprint density at radius 2 is 2.12 bits per heavy atom. The van der Waals surface area contributed by atoms with Crippen molar-refractivity contribution in [2.24, 2.45) is 5.92 Å². The molecule has 0 bridgehead atoms. The fraction of sp³-hybridized carbons (Fsp3) is 0.917. The van der Waals surface area contributed by atoms with Gasteiger partial charge in [-0.25, -0.2) is 4.79 Å². The summed E-state index contributed by atoms with van der Waals surface area (Å²) >= 11 is 0. The van der Waals surface area contributed by atoms with Gasteiger partial charge >= 0.3 is 6.09 Å². The first-order chi connectivity index (χ1) is 7.74. The van der Waals surface area contributed by atoms with Gasteiger partial charge in [0.15, 0.2) is 0 Å². The minimum absolute atomic E-state index is 0. The lowest BCUT2D eigenvalue weighted by atomic mass is 9.95. The zero-order valence-corrected chi connectivity index (χ0v) is 11.5. The van der Waals surface area contributed by atoms with E-state index in [0.29, 0.717) is 24.6 Å². The molecular weight excluding hydrogens is 240 g/mol. The lowest BCUT2D eigenvalue weighted by molar-refractivity contribution is 0.125. The third kappa shape index (κ3) is 3.05. The zero-order chi connectivity index (χ0) is 11.5. The van der Waals surface area contributed by atoms with Gasteiger partial charge < -0.3 is 10.1 Å². The van der Waals surface area contributed by atoms with Crippen molar-refractivity contribution in [2.45, 2.75) is 45.2 Å². The van der Waals surface area contributed by atoms with E-state index < -0.39 is 0 Å². The maximum atomic E-state index is 11.8. The highest BCUT2D eigenvalue weighted by molar-refractivity contribution is 5.85. The Labute approximate surface area is 109 Å². The fourth-order valence-electron chi connectivity index (χ4n) is 2.66. The number of piperidine rings is 1. The number of hydrogen-bond donors (Lipinski definition) is 1. The van der Waals surface area contributed by atoms with Crippen molar-refractivity contribution in [3.8, 4) is 0 Å². The summed E-state index contributed by atoms with van der Waals surface area (Å²) in [5.74, 6) is 0.529. The van der Waals surface area contributed by atoms with Crippen molar-refractivity contribution in [1.82, 2.24) is 10.2 Å². The predicted octanol–water partition coefficient (Wildman–Crippen LogP) is 2.03. The molecule has 2 aliphatic rings. The standard InChI is InChI=1S/C12H22N2O2.ClH/c1-3-9(2)11-8-16-12(15)14(11)10-4-6-13-7-5-10;/h9-11,13H,3-8H2,1-2H3;1H. The van der Waals surface area contributed by atoms with Crippen molar-refractivity contribution in [3.63, 3.8) is 0 Å². The van der Waals surface area contributed by atoms with Crippen LogP contribution in [0.15, 0.2) is 0 Å². The third-order valence-electron chi connectivity index (χ3n) is 3.95. The van der Waals surface area contributed by atoms with Gasteiger partial charge in [0.05, 0.1) is 6.04 Å². The molecule has 4 nitrogen and oxygen atoms in total. The Bertz CT molecular complexity index is 257. The molecule has 0 aromatic rings. The molecule has 0 aromatic carbocycles. The third-order valence-corrected chi connectivity index (χ3v) is 3.95. The van der Waals surface area contributed by atoms with E-state index in [2.05, 4.69) is 19.2 Å². The molecule has 1 amide bonds. The molecule has 0 saturated carbocycles. The topological polar surface area (TPSA) is 41.6 Å². The molecule has 100 valence electrons. The van der Waals surface area contributed by atoms with E-state index >= 15 is 0 Å². The van der Waals surface area contributed by atoms with Crippen LogP contribution in [0.3, 0.4) is 0 Å². The Morgan fingerprint density at radius 1 is 1.47 bits per heavy atom. The highest BCUT2D eigenvalue weighted by Crippen LogP contribution is 2.27. The lowest BCUT2D eigenvalue weighted by Crippen LogP contribution is -2.49. The first-order valence-electron chi connectivity index (χ1n) is 6.39. The normalized spacial score (nSPS) is 27.5. The number of rotatable bonds is 3. The second-order valence-electron chi connectivity index (χ2n) is 4.92. The highest BCUT2D eigenvalue weighted by atomic mass is 35.5. The Morgan fingerprint density at radius 3 is 2.71 bits per heavy atom. The molecular formula is C12H23ClN2O2. The molecule has 0 radical (unpaired) electrons. The number of cyclic esters (lactones) is 1. The summed E-state index contributed by atoms with van der Waals surface area (Å²) in [6, 6.07) is 0.677. The lowest BCUT2D eigenvalue weighted by Gasteiger charge is -2.35.